The summed E-state index contributed by atoms with van der Waals surface area (Å²) >= 11 is 0. The fraction of sp³-hybridized carbons (Fsp3) is 0.667. The number of hydrogen-bond donors (Lipinski definition) is 1. The summed E-state index contributed by atoms with van der Waals surface area (Å²) in [7, 11) is 0. The number of aliphatic hydroxyl groups excluding tert-OH is 1. The van der Waals surface area contributed by atoms with Gasteiger partial charge in [-0.25, -0.2) is 9.97 Å². The maximum Gasteiger partial charge on any atom is 0.451 e. The third-order valence-corrected chi connectivity index (χ3v) is 4.49. The van der Waals surface area contributed by atoms with Crippen molar-refractivity contribution in [2.45, 2.75) is 38.1 Å². The molecule has 6 nitrogen and oxygen atoms in total. The number of rotatable bonds is 3. The predicted octanol–water partition coefficient (Wildman–Crippen LogP) is 1.65. The van der Waals surface area contributed by atoms with E-state index < -0.39 is 18.2 Å². The zero-order valence-corrected chi connectivity index (χ0v) is 13.0. The van der Waals surface area contributed by atoms with Crippen LogP contribution in [0.15, 0.2) is 12.3 Å². The fourth-order valence-corrected chi connectivity index (χ4v) is 3.30. The van der Waals surface area contributed by atoms with E-state index in [0.717, 1.165) is 19.0 Å². The van der Waals surface area contributed by atoms with Crippen LogP contribution in [0.1, 0.15) is 31.5 Å². The van der Waals surface area contributed by atoms with Crippen LogP contribution in [-0.2, 0) is 11.0 Å². The summed E-state index contributed by atoms with van der Waals surface area (Å²) in [5.74, 6) is -0.872. The summed E-state index contributed by atoms with van der Waals surface area (Å²) in [6.45, 7) is 1.54. The van der Waals surface area contributed by atoms with Gasteiger partial charge in [0.1, 0.15) is 12.0 Å². The van der Waals surface area contributed by atoms with Crippen molar-refractivity contribution in [3.8, 4) is 0 Å². The van der Waals surface area contributed by atoms with Gasteiger partial charge in [0.25, 0.3) is 0 Å². The van der Waals surface area contributed by atoms with Gasteiger partial charge in [-0.2, -0.15) is 13.2 Å². The third kappa shape index (κ3) is 3.61. The van der Waals surface area contributed by atoms with E-state index in [2.05, 4.69) is 9.97 Å². The van der Waals surface area contributed by atoms with Gasteiger partial charge >= 0.3 is 6.18 Å². The molecule has 2 fully saturated rings. The van der Waals surface area contributed by atoms with Crippen molar-refractivity contribution in [1.29, 1.82) is 0 Å². The molecule has 1 N–H and O–H groups in total. The molecule has 2 aliphatic heterocycles. The minimum absolute atomic E-state index is 0.0685. The van der Waals surface area contributed by atoms with Gasteiger partial charge in [-0.05, 0) is 24.8 Å². The van der Waals surface area contributed by atoms with Crippen LogP contribution in [0.25, 0.3) is 0 Å². The van der Waals surface area contributed by atoms with Gasteiger partial charge in [-0.1, -0.05) is 0 Å². The molecule has 132 valence electrons. The van der Waals surface area contributed by atoms with Gasteiger partial charge in [0.2, 0.25) is 11.7 Å². The maximum absolute atomic E-state index is 12.8. The lowest BCUT2D eigenvalue weighted by molar-refractivity contribution is -0.145. The number of aromatic nitrogens is 2. The summed E-state index contributed by atoms with van der Waals surface area (Å²) in [6, 6.07) is 1.47. The average Bonchev–Trinajstić information content (AvgIpc) is 2.86. The summed E-state index contributed by atoms with van der Waals surface area (Å²) < 4.78 is 38.3. The van der Waals surface area contributed by atoms with Gasteiger partial charge in [-0.15, -0.1) is 0 Å². The minimum atomic E-state index is -4.57. The van der Waals surface area contributed by atoms with Crippen LogP contribution in [0.2, 0.25) is 0 Å². The SMILES string of the molecule is O=C1CCC(O)N1CC1CCCN(c2ccnc(C(F)(F)F)n2)C1. The van der Waals surface area contributed by atoms with Crippen LogP contribution in [0.5, 0.6) is 0 Å². The average molecular weight is 344 g/mol. The first-order chi connectivity index (χ1) is 11.3. The molecule has 1 amide bonds. The van der Waals surface area contributed by atoms with E-state index in [1.165, 1.54) is 11.0 Å². The number of anilines is 1. The Labute approximate surface area is 137 Å². The van der Waals surface area contributed by atoms with Crippen LogP contribution in [0, 0.1) is 5.92 Å². The first-order valence-corrected chi connectivity index (χ1v) is 7.97. The Morgan fingerprint density at radius 2 is 2.12 bits per heavy atom. The molecule has 0 radical (unpaired) electrons. The third-order valence-electron chi connectivity index (χ3n) is 4.49. The molecule has 0 saturated carbocycles. The van der Waals surface area contributed by atoms with E-state index in [0.29, 0.717) is 32.5 Å². The second-order valence-electron chi connectivity index (χ2n) is 6.26. The number of likely N-dealkylation sites (tertiary alicyclic amines) is 1. The van der Waals surface area contributed by atoms with E-state index in [-0.39, 0.29) is 17.6 Å². The first-order valence-electron chi connectivity index (χ1n) is 7.97. The molecule has 0 spiro atoms. The number of aliphatic hydroxyl groups is 1. The Hall–Kier alpha value is -1.90. The Morgan fingerprint density at radius 3 is 2.79 bits per heavy atom. The van der Waals surface area contributed by atoms with Crippen LogP contribution in [0.4, 0.5) is 19.0 Å². The highest BCUT2D eigenvalue weighted by atomic mass is 19.4. The minimum Gasteiger partial charge on any atom is -0.374 e. The van der Waals surface area contributed by atoms with Gasteiger partial charge in [0.15, 0.2) is 0 Å². The zero-order valence-electron chi connectivity index (χ0n) is 13.0. The van der Waals surface area contributed by atoms with Crippen molar-refractivity contribution in [3.05, 3.63) is 18.1 Å². The van der Waals surface area contributed by atoms with Crippen molar-refractivity contribution in [2.24, 2.45) is 5.92 Å². The Morgan fingerprint density at radius 1 is 1.33 bits per heavy atom. The standard InChI is InChI=1S/C15H19F3N4O2/c16-15(17,18)14-19-6-5-11(20-14)21-7-1-2-10(8-21)9-22-12(23)3-4-13(22)24/h5-6,10,12,23H,1-4,7-9H2. The molecule has 2 aliphatic rings. The van der Waals surface area contributed by atoms with E-state index in [9.17, 15) is 23.1 Å². The van der Waals surface area contributed by atoms with Crippen LogP contribution in [-0.4, -0.2) is 51.7 Å². The van der Waals surface area contributed by atoms with E-state index in [1.54, 1.807) is 4.90 Å². The molecule has 2 atom stereocenters. The molecule has 2 saturated heterocycles. The summed E-state index contributed by atoms with van der Waals surface area (Å²) in [4.78, 5) is 21.9. The van der Waals surface area contributed by atoms with E-state index in [4.69, 9.17) is 0 Å². The molecule has 0 aromatic carbocycles. The highest BCUT2D eigenvalue weighted by Gasteiger charge is 2.36. The lowest BCUT2D eigenvalue weighted by Gasteiger charge is -2.36. The van der Waals surface area contributed by atoms with Crippen LogP contribution >= 0.6 is 0 Å². The Kier molecular flexibility index (Phi) is 4.62. The molecule has 9 heteroatoms. The van der Waals surface area contributed by atoms with Gasteiger partial charge in [0.05, 0.1) is 0 Å². The summed E-state index contributed by atoms with van der Waals surface area (Å²) in [5, 5.41) is 9.84. The molecule has 1 aromatic heterocycles. The molecule has 0 bridgehead atoms. The van der Waals surface area contributed by atoms with Crippen LogP contribution < -0.4 is 4.90 Å². The van der Waals surface area contributed by atoms with Crippen molar-refractivity contribution in [2.75, 3.05) is 24.5 Å². The second kappa shape index (κ2) is 6.54. The molecule has 3 heterocycles. The Bertz CT molecular complexity index is 611. The first kappa shape index (κ1) is 16.9. The quantitative estimate of drug-likeness (QED) is 0.903. The maximum atomic E-state index is 12.8. The topological polar surface area (TPSA) is 69.6 Å². The second-order valence-corrected chi connectivity index (χ2v) is 6.26. The highest BCUT2D eigenvalue weighted by Crippen LogP contribution is 2.29. The number of amides is 1. The van der Waals surface area contributed by atoms with Crippen molar-refractivity contribution in [1.82, 2.24) is 14.9 Å². The van der Waals surface area contributed by atoms with Crippen molar-refractivity contribution in [3.63, 3.8) is 0 Å². The van der Waals surface area contributed by atoms with Gasteiger partial charge < -0.3 is 14.9 Å². The number of carbonyl (C=O) groups excluding carboxylic acids is 1. The lowest BCUT2D eigenvalue weighted by atomic mass is 9.97. The number of piperidine rings is 1. The van der Waals surface area contributed by atoms with E-state index >= 15 is 0 Å². The number of nitrogens with zero attached hydrogens (tertiary/aromatic N) is 4. The smallest absolute Gasteiger partial charge is 0.374 e. The molecule has 2 unspecified atom stereocenters. The fourth-order valence-electron chi connectivity index (χ4n) is 3.30. The molecule has 24 heavy (non-hydrogen) atoms. The van der Waals surface area contributed by atoms with Gasteiger partial charge in [0, 0.05) is 38.7 Å². The van der Waals surface area contributed by atoms with Gasteiger partial charge in [-0.3, -0.25) is 4.79 Å². The number of halogens is 3. The number of carbonyl (C=O) groups is 1. The lowest BCUT2D eigenvalue weighted by Crippen LogP contribution is -2.44. The van der Waals surface area contributed by atoms with Crippen molar-refractivity contribution >= 4 is 11.7 Å². The number of hydrogen-bond acceptors (Lipinski definition) is 5. The monoisotopic (exact) mass is 344 g/mol. The van der Waals surface area contributed by atoms with Crippen molar-refractivity contribution < 1.29 is 23.1 Å². The molecule has 1 aromatic rings. The molecular weight excluding hydrogens is 325 g/mol. The number of alkyl halides is 3. The van der Waals surface area contributed by atoms with Crippen LogP contribution in [0.3, 0.4) is 0 Å². The summed E-state index contributed by atoms with van der Waals surface area (Å²) in [5.41, 5.74) is 0. The summed E-state index contributed by atoms with van der Waals surface area (Å²) in [6.07, 6.45) is -1.75. The highest BCUT2D eigenvalue weighted by molar-refractivity contribution is 5.78. The van der Waals surface area contributed by atoms with E-state index in [1.807, 2.05) is 0 Å². The normalized spacial score (nSPS) is 25.4. The largest absolute Gasteiger partial charge is 0.451 e. The molecule has 3 rings (SSSR count). The zero-order chi connectivity index (χ0) is 17.3. The molecular formula is C15H19F3N4O2. The predicted molar refractivity (Wildman–Crippen MR) is 78.9 cm³/mol. The Balaban J connectivity index is 1.68. The molecule has 0 aliphatic carbocycles.